The Morgan fingerprint density at radius 3 is 2.81 bits per heavy atom. The summed E-state index contributed by atoms with van der Waals surface area (Å²) in [6, 6.07) is 15.6. The molecule has 27 heavy (non-hydrogen) atoms. The zero-order chi connectivity index (χ0) is 18.4. The molecular weight excluding hydrogens is 358 g/mol. The van der Waals surface area contributed by atoms with Crippen LogP contribution in [0.5, 0.6) is 0 Å². The number of likely N-dealkylation sites (tertiary alicyclic amines) is 1. The number of amides is 1. The quantitative estimate of drug-likeness (QED) is 0.711. The highest BCUT2D eigenvalue weighted by molar-refractivity contribution is 7.18. The van der Waals surface area contributed by atoms with Gasteiger partial charge in [0.05, 0.1) is 40.5 Å². The van der Waals surface area contributed by atoms with Gasteiger partial charge in [-0.05, 0) is 37.1 Å². The SMILES string of the molecule is O=C1C(=O)N(C[NH+]2CCC[C@@H](c3nc4ccccc4s3)C2)c2ccccc21. The molecule has 0 spiro atoms. The molecule has 5 rings (SSSR count). The summed E-state index contributed by atoms with van der Waals surface area (Å²) in [6.45, 7) is 2.50. The topological polar surface area (TPSA) is 54.7 Å². The van der Waals surface area contributed by atoms with Crippen LogP contribution in [0.3, 0.4) is 0 Å². The van der Waals surface area contributed by atoms with E-state index in [0.717, 1.165) is 37.1 Å². The second kappa shape index (κ2) is 6.55. The van der Waals surface area contributed by atoms with Gasteiger partial charge in [0.25, 0.3) is 5.78 Å². The Bertz CT molecular complexity index is 1010. The molecule has 1 fully saturated rings. The monoisotopic (exact) mass is 378 g/mol. The summed E-state index contributed by atoms with van der Waals surface area (Å²) in [5.41, 5.74) is 2.35. The summed E-state index contributed by atoms with van der Waals surface area (Å²) in [5.74, 6) is -0.370. The first-order chi connectivity index (χ1) is 13.2. The lowest BCUT2D eigenvalue weighted by atomic mass is 9.99. The highest BCUT2D eigenvalue weighted by Gasteiger charge is 2.38. The van der Waals surface area contributed by atoms with Gasteiger partial charge in [-0.15, -0.1) is 11.3 Å². The number of aromatic nitrogens is 1. The van der Waals surface area contributed by atoms with E-state index in [4.69, 9.17) is 4.98 Å². The number of ketones is 1. The first kappa shape index (κ1) is 16.6. The normalized spacial score (nSPS) is 22.4. The summed E-state index contributed by atoms with van der Waals surface area (Å²) in [5, 5.41) is 1.19. The van der Waals surface area contributed by atoms with Crippen LogP contribution in [0.25, 0.3) is 10.2 Å². The first-order valence-corrected chi connectivity index (χ1v) is 10.2. The summed E-state index contributed by atoms with van der Waals surface area (Å²) in [7, 11) is 0. The number of anilines is 1. The van der Waals surface area contributed by atoms with Gasteiger partial charge < -0.3 is 4.90 Å². The predicted molar refractivity (Wildman–Crippen MR) is 105 cm³/mol. The fraction of sp³-hybridized carbons (Fsp3) is 0.286. The fourth-order valence-corrected chi connectivity index (χ4v) is 5.30. The molecule has 0 bridgehead atoms. The highest BCUT2D eigenvalue weighted by atomic mass is 32.1. The smallest absolute Gasteiger partial charge is 0.303 e. The lowest BCUT2D eigenvalue weighted by Gasteiger charge is -2.31. The second-order valence-electron chi connectivity index (χ2n) is 7.30. The number of hydrogen-bond acceptors (Lipinski definition) is 4. The Morgan fingerprint density at radius 2 is 1.93 bits per heavy atom. The van der Waals surface area contributed by atoms with Crippen LogP contribution in [0.15, 0.2) is 48.5 Å². The van der Waals surface area contributed by atoms with Crippen LogP contribution in [-0.2, 0) is 4.79 Å². The number of hydrogen-bond donors (Lipinski definition) is 1. The maximum atomic E-state index is 12.5. The Hall–Kier alpha value is -2.57. The third-order valence-electron chi connectivity index (χ3n) is 5.54. The van der Waals surface area contributed by atoms with Crippen molar-refractivity contribution in [2.24, 2.45) is 0 Å². The number of rotatable bonds is 3. The minimum atomic E-state index is -0.397. The molecule has 0 saturated carbocycles. The Labute approximate surface area is 161 Å². The molecule has 136 valence electrons. The molecule has 3 aromatic rings. The molecule has 2 aromatic carbocycles. The summed E-state index contributed by atoms with van der Waals surface area (Å²) in [4.78, 5) is 32.5. The van der Waals surface area contributed by atoms with Crippen LogP contribution in [0, 0.1) is 0 Å². The molecule has 2 aliphatic rings. The number of carbonyl (C=O) groups is 2. The van der Waals surface area contributed by atoms with Crippen LogP contribution in [0.1, 0.15) is 34.1 Å². The van der Waals surface area contributed by atoms with Crippen LogP contribution < -0.4 is 9.80 Å². The average molecular weight is 378 g/mol. The van der Waals surface area contributed by atoms with E-state index in [-0.39, 0.29) is 5.78 Å². The third kappa shape index (κ3) is 2.85. The Balaban J connectivity index is 1.36. The molecule has 0 aliphatic carbocycles. The maximum absolute atomic E-state index is 12.5. The lowest BCUT2D eigenvalue weighted by molar-refractivity contribution is -0.905. The van der Waals surface area contributed by atoms with Crippen molar-refractivity contribution < 1.29 is 14.5 Å². The number of piperidine rings is 1. The third-order valence-corrected chi connectivity index (χ3v) is 6.74. The predicted octanol–water partition coefficient (Wildman–Crippen LogP) is 2.25. The lowest BCUT2D eigenvalue weighted by Crippen LogP contribution is -3.15. The van der Waals surface area contributed by atoms with Crippen molar-refractivity contribution in [3.05, 3.63) is 59.1 Å². The van der Waals surface area contributed by atoms with Crippen molar-refractivity contribution in [3.8, 4) is 0 Å². The van der Waals surface area contributed by atoms with Gasteiger partial charge in [0.15, 0.2) is 6.67 Å². The van der Waals surface area contributed by atoms with Crippen LogP contribution >= 0.6 is 11.3 Å². The number of benzene rings is 2. The first-order valence-electron chi connectivity index (χ1n) is 9.35. The number of fused-ring (bicyclic) bond motifs is 2. The van der Waals surface area contributed by atoms with Crippen molar-refractivity contribution in [1.82, 2.24) is 4.98 Å². The van der Waals surface area contributed by atoms with E-state index in [9.17, 15) is 9.59 Å². The van der Waals surface area contributed by atoms with Gasteiger partial charge in [-0.25, -0.2) is 4.98 Å². The van der Waals surface area contributed by atoms with Gasteiger partial charge in [-0.3, -0.25) is 14.5 Å². The Kier molecular flexibility index (Phi) is 4.02. The van der Waals surface area contributed by atoms with Crippen LogP contribution in [0.4, 0.5) is 5.69 Å². The fourth-order valence-electron chi connectivity index (χ4n) is 4.20. The average Bonchev–Trinajstić information content (AvgIpc) is 3.24. The molecular formula is C21H20N3O2S+. The zero-order valence-corrected chi connectivity index (χ0v) is 15.7. The van der Waals surface area contributed by atoms with E-state index < -0.39 is 5.91 Å². The number of thiazole rings is 1. The van der Waals surface area contributed by atoms with E-state index in [0.29, 0.717) is 18.2 Å². The van der Waals surface area contributed by atoms with Crippen molar-refractivity contribution in [1.29, 1.82) is 0 Å². The van der Waals surface area contributed by atoms with Gasteiger partial charge in [-0.2, -0.15) is 0 Å². The van der Waals surface area contributed by atoms with Gasteiger partial charge in [0.2, 0.25) is 0 Å². The van der Waals surface area contributed by atoms with E-state index in [1.165, 1.54) is 14.6 Å². The molecule has 0 radical (unpaired) electrons. The Morgan fingerprint density at radius 1 is 1.11 bits per heavy atom. The van der Waals surface area contributed by atoms with Crippen molar-refractivity contribution in [2.45, 2.75) is 18.8 Å². The number of para-hydroxylation sites is 2. The standard InChI is InChI=1S/C21H19N3O2S/c25-19-15-7-1-3-9-17(15)24(21(19)26)13-23-11-5-6-14(12-23)20-22-16-8-2-4-10-18(16)27-20/h1-4,7-10,14H,5-6,11-13H2/p+1/t14-/m1/s1. The van der Waals surface area contributed by atoms with E-state index >= 15 is 0 Å². The van der Waals surface area contributed by atoms with Gasteiger partial charge >= 0.3 is 5.91 Å². The largest absolute Gasteiger partial charge is 0.317 e. The highest BCUT2D eigenvalue weighted by Crippen LogP contribution is 2.31. The van der Waals surface area contributed by atoms with E-state index in [2.05, 4.69) is 18.2 Å². The molecule has 1 amide bonds. The summed E-state index contributed by atoms with van der Waals surface area (Å²) >= 11 is 1.78. The van der Waals surface area contributed by atoms with Gasteiger partial charge in [-0.1, -0.05) is 24.3 Å². The van der Waals surface area contributed by atoms with Crippen molar-refractivity contribution in [2.75, 3.05) is 24.7 Å². The number of nitrogens with one attached hydrogen (secondary N) is 1. The number of Topliss-reactive ketones (excluding diaryl/α,β-unsaturated/α-hetero) is 1. The second-order valence-corrected chi connectivity index (χ2v) is 8.36. The van der Waals surface area contributed by atoms with E-state index in [1.807, 2.05) is 24.3 Å². The zero-order valence-electron chi connectivity index (χ0n) is 14.9. The molecule has 1 unspecified atom stereocenters. The molecule has 6 heteroatoms. The molecule has 3 heterocycles. The van der Waals surface area contributed by atoms with Crippen LogP contribution in [-0.4, -0.2) is 36.4 Å². The number of nitrogens with zero attached hydrogens (tertiary/aromatic N) is 2. The van der Waals surface area contributed by atoms with Gasteiger partial charge in [0, 0.05) is 0 Å². The van der Waals surface area contributed by atoms with Gasteiger partial charge in [0.1, 0.15) is 5.01 Å². The summed E-state index contributed by atoms with van der Waals surface area (Å²) < 4.78 is 1.23. The molecule has 5 nitrogen and oxygen atoms in total. The minimum absolute atomic E-state index is 0.385. The molecule has 2 atom stereocenters. The minimum Gasteiger partial charge on any atom is -0.317 e. The van der Waals surface area contributed by atoms with E-state index in [1.54, 1.807) is 22.3 Å². The molecule has 1 saturated heterocycles. The van der Waals surface area contributed by atoms with Crippen molar-refractivity contribution in [3.63, 3.8) is 0 Å². The molecule has 1 N–H and O–H groups in total. The number of quaternary nitrogens is 1. The number of carbonyl (C=O) groups excluding carboxylic acids is 2. The van der Waals surface area contributed by atoms with Crippen molar-refractivity contribution >= 4 is 38.9 Å². The molecule has 2 aliphatic heterocycles. The van der Waals surface area contributed by atoms with Crippen LogP contribution in [0.2, 0.25) is 0 Å². The summed E-state index contributed by atoms with van der Waals surface area (Å²) in [6.07, 6.45) is 2.24. The molecule has 1 aromatic heterocycles. The maximum Gasteiger partial charge on any atom is 0.303 e.